The second kappa shape index (κ2) is 22.1. The lowest BCUT2D eigenvalue weighted by Crippen LogP contribution is -2.29. The van der Waals surface area contributed by atoms with Gasteiger partial charge in [0, 0.05) is 17.9 Å². The number of hydrogen-bond acceptors (Lipinski definition) is 4. The van der Waals surface area contributed by atoms with Crippen LogP contribution in [-0.2, 0) is 11.2 Å². The predicted molar refractivity (Wildman–Crippen MR) is 175 cm³/mol. The Hall–Kier alpha value is -3.55. The number of carbonyl (C=O) groups excluding carboxylic acids is 2. The van der Waals surface area contributed by atoms with Crippen molar-refractivity contribution in [3.63, 3.8) is 0 Å². The fourth-order valence-electron chi connectivity index (χ4n) is 4.98. The van der Waals surface area contributed by atoms with Gasteiger partial charge in [0.25, 0.3) is 0 Å². The van der Waals surface area contributed by atoms with Crippen LogP contribution in [0.2, 0.25) is 0 Å². The molecule has 0 saturated carbocycles. The molecular formula is C35H53N3O5. The Morgan fingerprint density at radius 3 is 1.77 bits per heavy atom. The first-order valence-corrected chi connectivity index (χ1v) is 16.3. The number of carbonyl (C=O) groups is 3. The summed E-state index contributed by atoms with van der Waals surface area (Å²) in [6, 6.07) is 11.3. The second-order valence-electron chi connectivity index (χ2n) is 11.4. The Balaban J connectivity index is 1.53. The number of urea groups is 1. The number of rotatable bonds is 22. The molecule has 0 unspecified atom stereocenters. The summed E-state index contributed by atoms with van der Waals surface area (Å²) in [6.07, 6.45) is 20.3. The molecule has 0 bridgehead atoms. The van der Waals surface area contributed by atoms with Gasteiger partial charge in [-0.3, -0.25) is 10.1 Å². The molecule has 0 fully saturated rings. The molecule has 2 aromatic carbocycles. The van der Waals surface area contributed by atoms with E-state index in [9.17, 15) is 14.4 Å². The van der Waals surface area contributed by atoms with Gasteiger partial charge >= 0.3 is 18.1 Å². The molecule has 0 aromatic heterocycles. The fourth-order valence-corrected chi connectivity index (χ4v) is 4.98. The minimum absolute atomic E-state index is 0.0987. The number of hydrogen-bond donors (Lipinski definition) is 4. The first-order valence-electron chi connectivity index (χ1n) is 16.3. The molecule has 0 heterocycles. The van der Waals surface area contributed by atoms with Crippen LogP contribution < -0.4 is 20.7 Å². The van der Waals surface area contributed by atoms with Crippen LogP contribution in [0, 0.1) is 6.92 Å². The van der Waals surface area contributed by atoms with Crippen LogP contribution in [0.4, 0.5) is 21.0 Å². The molecule has 8 nitrogen and oxygen atoms in total. The average molecular weight is 596 g/mol. The number of ether oxygens (including phenoxy) is 1. The highest BCUT2D eigenvalue weighted by Gasteiger charge is 2.10. The van der Waals surface area contributed by atoms with E-state index >= 15 is 0 Å². The van der Waals surface area contributed by atoms with Crippen LogP contribution in [0.25, 0.3) is 0 Å². The molecule has 2 rings (SSSR count). The van der Waals surface area contributed by atoms with Gasteiger partial charge in [0.15, 0.2) is 0 Å². The van der Waals surface area contributed by atoms with Crippen LogP contribution in [0.15, 0.2) is 42.5 Å². The lowest BCUT2D eigenvalue weighted by atomic mass is 10.0. The maximum atomic E-state index is 12.4. The third-order valence-corrected chi connectivity index (χ3v) is 7.54. The van der Waals surface area contributed by atoms with E-state index in [0.29, 0.717) is 29.2 Å². The zero-order chi connectivity index (χ0) is 31.1. The quantitative estimate of drug-likeness (QED) is 0.101. The van der Waals surface area contributed by atoms with Crippen molar-refractivity contribution >= 4 is 29.5 Å². The molecule has 2 aromatic rings. The maximum absolute atomic E-state index is 12.4. The van der Waals surface area contributed by atoms with E-state index in [-0.39, 0.29) is 12.5 Å². The van der Waals surface area contributed by atoms with E-state index < -0.39 is 12.1 Å². The summed E-state index contributed by atoms with van der Waals surface area (Å²) in [6.45, 7) is 4.74. The number of aryl methyl sites for hydroxylation is 1. The van der Waals surface area contributed by atoms with E-state index in [1.165, 1.54) is 89.9 Å². The minimum atomic E-state index is -0.927. The van der Waals surface area contributed by atoms with Gasteiger partial charge in [-0.1, -0.05) is 121 Å². The van der Waals surface area contributed by atoms with E-state index in [2.05, 4.69) is 22.9 Å². The highest BCUT2D eigenvalue weighted by atomic mass is 16.6. The summed E-state index contributed by atoms with van der Waals surface area (Å²) in [4.78, 5) is 35.6. The van der Waals surface area contributed by atoms with Gasteiger partial charge in [-0.05, 0) is 48.7 Å². The zero-order valence-electron chi connectivity index (χ0n) is 26.3. The molecule has 4 N–H and O–H groups in total. The third kappa shape index (κ3) is 17.2. The molecule has 0 aliphatic heterocycles. The number of unbranched alkanes of at least 4 members (excludes halogenated alkanes) is 15. The fraction of sp³-hybridized carbons (Fsp3) is 0.571. The van der Waals surface area contributed by atoms with Crippen molar-refractivity contribution in [1.29, 1.82) is 0 Å². The second-order valence-corrected chi connectivity index (χ2v) is 11.4. The molecule has 0 radical (unpaired) electrons. The zero-order valence-corrected chi connectivity index (χ0v) is 26.3. The number of benzene rings is 2. The maximum Gasteiger partial charge on any atom is 0.417 e. The van der Waals surface area contributed by atoms with Gasteiger partial charge in [0.2, 0.25) is 0 Å². The third-order valence-electron chi connectivity index (χ3n) is 7.54. The SMILES string of the molecule is CCCCCCCCCCCCCCCCCCNC(=O)Nc1ccc(C)c(NC(=O)Oc2ccc(CC(=O)O)cc2)c1. The van der Waals surface area contributed by atoms with Gasteiger partial charge in [0.1, 0.15) is 5.75 Å². The average Bonchev–Trinajstić information content (AvgIpc) is 2.97. The van der Waals surface area contributed by atoms with E-state index in [1.54, 1.807) is 36.4 Å². The highest BCUT2D eigenvalue weighted by molar-refractivity contribution is 5.92. The lowest BCUT2D eigenvalue weighted by molar-refractivity contribution is -0.136. The van der Waals surface area contributed by atoms with Crippen molar-refractivity contribution in [2.24, 2.45) is 0 Å². The van der Waals surface area contributed by atoms with Gasteiger partial charge in [-0.15, -0.1) is 0 Å². The smallest absolute Gasteiger partial charge is 0.417 e. The summed E-state index contributed by atoms with van der Waals surface area (Å²) in [7, 11) is 0. The Morgan fingerprint density at radius 1 is 0.698 bits per heavy atom. The molecule has 0 atom stereocenters. The van der Waals surface area contributed by atoms with Crippen molar-refractivity contribution in [3.05, 3.63) is 53.6 Å². The Labute approximate surface area is 258 Å². The topological polar surface area (TPSA) is 117 Å². The van der Waals surface area contributed by atoms with Crippen molar-refractivity contribution in [2.45, 2.75) is 123 Å². The normalized spacial score (nSPS) is 10.7. The lowest BCUT2D eigenvalue weighted by Gasteiger charge is -2.12. The summed E-state index contributed by atoms with van der Waals surface area (Å²) in [5.74, 6) is -0.628. The number of amides is 3. The highest BCUT2D eigenvalue weighted by Crippen LogP contribution is 2.21. The van der Waals surface area contributed by atoms with Crippen LogP contribution in [0.5, 0.6) is 5.75 Å². The standard InChI is InChI=1S/C35H53N3O5/c1-3-4-5-6-7-8-9-10-11-12-13-14-15-16-17-18-25-36-34(41)37-30-22-19-28(2)32(27-30)38-35(42)43-31-23-20-29(21-24-31)26-33(39)40/h19-24,27H,3-18,25-26H2,1-2H3,(H,38,42)(H,39,40)(H2,36,37,41). The molecule has 3 amide bonds. The molecule has 0 saturated heterocycles. The van der Waals surface area contributed by atoms with Gasteiger partial charge in [0.05, 0.1) is 6.42 Å². The largest absolute Gasteiger partial charge is 0.481 e. The molecular weight excluding hydrogens is 542 g/mol. The van der Waals surface area contributed by atoms with Crippen LogP contribution in [0.1, 0.15) is 121 Å². The number of carboxylic acid groups (broad SMARTS) is 1. The first-order chi connectivity index (χ1) is 20.9. The molecule has 0 aliphatic carbocycles. The van der Waals surface area contributed by atoms with Crippen LogP contribution >= 0.6 is 0 Å². The summed E-state index contributed by atoms with van der Waals surface area (Å²) in [5.41, 5.74) is 2.50. The summed E-state index contributed by atoms with van der Waals surface area (Å²) in [5, 5.41) is 17.3. The van der Waals surface area contributed by atoms with Crippen LogP contribution in [0.3, 0.4) is 0 Å². The molecule has 8 heteroatoms. The molecule has 0 spiro atoms. The predicted octanol–water partition coefficient (Wildman–Crippen LogP) is 9.62. The Kier molecular flexibility index (Phi) is 18.3. The molecule has 43 heavy (non-hydrogen) atoms. The number of carboxylic acids is 1. The minimum Gasteiger partial charge on any atom is -0.481 e. The molecule has 238 valence electrons. The monoisotopic (exact) mass is 595 g/mol. The number of aliphatic carboxylic acids is 1. The van der Waals surface area contributed by atoms with Gasteiger partial charge in [-0.25, -0.2) is 9.59 Å². The Morgan fingerprint density at radius 2 is 1.23 bits per heavy atom. The first kappa shape index (κ1) is 35.6. The van der Waals surface area contributed by atoms with Gasteiger partial charge < -0.3 is 20.5 Å². The van der Waals surface area contributed by atoms with Crippen molar-refractivity contribution < 1.29 is 24.2 Å². The van der Waals surface area contributed by atoms with E-state index in [0.717, 1.165) is 18.4 Å². The number of anilines is 2. The van der Waals surface area contributed by atoms with Crippen molar-refractivity contribution in [1.82, 2.24) is 5.32 Å². The van der Waals surface area contributed by atoms with Crippen molar-refractivity contribution in [2.75, 3.05) is 17.2 Å². The summed E-state index contributed by atoms with van der Waals surface area (Å²) >= 11 is 0. The van der Waals surface area contributed by atoms with Gasteiger partial charge in [-0.2, -0.15) is 0 Å². The van der Waals surface area contributed by atoms with E-state index in [1.807, 2.05) is 13.0 Å². The summed E-state index contributed by atoms with van der Waals surface area (Å²) < 4.78 is 5.30. The van der Waals surface area contributed by atoms with Crippen molar-refractivity contribution in [3.8, 4) is 5.75 Å². The Bertz CT molecular complexity index is 1090. The molecule has 0 aliphatic rings. The van der Waals surface area contributed by atoms with Crippen LogP contribution in [-0.4, -0.2) is 29.7 Å². The number of nitrogens with one attached hydrogen (secondary N) is 3. The van der Waals surface area contributed by atoms with E-state index in [4.69, 9.17) is 9.84 Å².